The quantitative estimate of drug-likeness (QED) is 0.831. The van der Waals surface area contributed by atoms with Gasteiger partial charge >= 0.3 is 0 Å². The Hall–Kier alpha value is -2.76. The molecule has 0 saturated heterocycles. The maximum atomic E-state index is 13.7. The maximum Gasteiger partial charge on any atom is 0.269 e. The van der Waals surface area contributed by atoms with Crippen molar-refractivity contribution in [3.63, 3.8) is 0 Å². The van der Waals surface area contributed by atoms with Crippen LogP contribution >= 0.6 is 0 Å². The fourth-order valence-electron chi connectivity index (χ4n) is 2.03. The van der Waals surface area contributed by atoms with Gasteiger partial charge in [-0.3, -0.25) is 4.79 Å². The summed E-state index contributed by atoms with van der Waals surface area (Å²) in [6.07, 6.45) is -0.862. The molecular formula is C15H13FN2O3. The van der Waals surface area contributed by atoms with Gasteiger partial charge in [0.2, 0.25) is 6.10 Å². The summed E-state index contributed by atoms with van der Waals surface area (Å²) >= 11 is 0. The highest BCUT2D eigenvalue weighted by Crippen LogP contribution is 2.31. The Bertz CT molecular complexity index is 670. The van der Waals surface area contributed by atoms with E-state index in [9.17, 15) is 9.18 Å². The normalized spacial score (nSPS) is 16.3. The number of carbonyl (C=O) groups excluding carboxylic acids is 1. The summed E-state index contributed by atoms with van der Waals surface area (Å²) in [5.41, 5.74) is 5.75. The number of para-hydroxylation sites is 3. The second kappa shape index (κ2) is 5.32. The summed E-state index contributed by atoms with van der Waals surface area (Å²) in [6.45, 7) is 0.0528. The molecule has 3 N–H and O–H groups in total. The summed E-state index contributed by atoms with van der Waals surface area (Å²) in [5.74, 6) is -0.0563. The van der Waals surface area contributed by atoms with Crippen LogP contribution in [0.15, 0.2) is 42.5 Å². The zero-order valence-corrected chi connectivity index (χ0v) is 11.0. The third kappa shape index (κ3) is 2.60. The van der Waals surface area contributed by atoms with Crippen LogP contribution in [0.4, 0.5) is 15.8 Å². The second-order valence-electron chi connectivity index (χ2n) is 4.56. The van der Waals surface area contributed by atoms with Gasteiger partial charge in [-0.25, -0.2) is 4.39 Å². The van der Waals surface area contributed by atoms with Crippen molar-refractivity contribution in [1.82, 2.24) is 0 Å². The molecule has 0 aromatic heterocycles. The lowest BCUT2D eigenvalue weighted by Gasteiger charge is -2.25. The molecule has 0 radical (unpaired) electrons. The number of anilines is 2. The van der Waals surface area contributed by atoms with E-state index in [1.807, 2.05) is 6.07 Å². The Morgan fingerprint density at radius 3 is 2.71 bits per heavy atom. The van der Waals surface area contributed by atoms with Crippen molar-refractivity contribution in [2.45, 2.75) is 6.10 Å². The Balaban J connectivity index is 1.76. The van der Waals surface area contributed by atoms with Crippen LogP contribution in [0.1, 0.15) is 0 Å². The molecule has 0 fully saturated rings. The number of hydrogen-bond acceptors (Lipinski definition) is 4. The van der Waals surface area contributed by atoms with Gasteiger partial charge in [-0.2, -0.15) is 0 Å². The van der Waals surface area contributed by atoms with Gasteiger partial charge in [0, 0.05) is 0 Å². The van der Waals surface area contributed by atoms with Crippen molar-refractivity contribution in [3.8, 4) is 11.5 Å². The van der Waals surface area contributed by atoms with Gasteiger partial charge in [-0.05, 0) is 24.3 Å². The highest BCUT2D eigenvalue weighted by molar-refractivity contribution is 5.97. The molecule has 6 heteroatoms. The average Bonchev–Trinajstić information content (AvgIpc) is 2.50. The van der Waals surface area contributed by atoms with E-state index in [-0.39, 0.29) is 18.0 Å². The molecule has 1 aliphatic heterocycles. The zero-order valence-electron chi connectivity index (χ0n) is 11.0. The van der Waals surface area contributed by atoms with Crippen LogP contribution in [0.3, 0.4) is 0 Å². The molecule has 2 aromatic carbocycles. The first kappa shape index (κ1) is 13.2. The van der Waals surface area contributed by atoms with E-state index in [1.54, 1.807) is 18.2 Å². The predicted octanol–water partition coefficient (Wildman–Crippen LogP) is 2.19. The van der Waals surface area contributed by atoms with Crippen molar-refractivity contribution in [1.29, 1.82) is 0 Å². The van der Waals surface area contributed by atoms with Crippen LogP contribution in [-0.4, -0.2) is 18.6 Å². The average molecular weight is 288 g/mol. The molecule has 108 valence electrons. The van der Waals surface area contributed by atoms with E-state index in [2.05, 4.69) is 5.32 Å². The number of ether oxygens (including phenoxy) is 2. The summed E-state index contributed by atoms with van der Waals surface area (Å²) in [7, 11) is 0. The first-order valence-electron chi connectivity index (χ1n) is 6.38. The Labute approximate surface area is 120 Å². The Morgan fingerprint density at radius 2 is 1.95 bits per heavy atom. The summed E-state index contributed by atoms with van der Waals surface area (Å²) < 4.78 is 24.6. The molecule has 21 heavy (non-hydrogen) atoms. The topological polar surface area (TPSA) is 73.6 Å². The number of halogens is 1. The van der Waals surface area contributed by atoms with Crippen LogP contribution in [0, 0.1) is 5.82 Å². The van der Waals surface area contributed by atoms with E-state index in [1.165, 1.54) is 18.2 Å². The lowest BCUT2D eigenvalue weighted by atomic mass is 10.2. The van der Waals surface area contributed by atoms with Gasteiger partial charge in [0.1, 0.15) is 18.1 Å². The van der Waals surface area contributed by atoms with E-state index in [0.29, 0.717) is 11.5 Å². The highest BCUT2D eigenvalue weighted by Gasteiger charge is 2.28. The van der Waals surface area contributed by atoms with E-state index in [4.69, 9.17) is 15.2 Å². The summed E-state index contributed by atoms with van der Waals surface area (Å²) in [4.78, 5) is 12.1. The minimum absolute atomic E-state index is 0.0510. The molecule has 1 amide bonds. The van der Waals surface area contributed by atoms with Crippen LogP contribution in [0.5, 0.6) is 11.5 Å². The van der Waals surface area contributed by atoms with Crippen molar-refractivity contribution < 1.29 is 18.7 Å². The fraction of sp³-hybridized carbons (Fsp3) is 0.133. The molecule has 0 saturated carbocycles. The molecular weight excluding hydrogens is 275 g/mol. The van der Waals surface area contributed by atoms with Gasteiger partial charge in [-0.1, -0.05) is 18.2 Å². The van der Waals surface area contributed by atoms with Gasteiger partial charge in [0.05, 0.1) is 5.69 Å². The number of rotatable bonds is 2. The number of nitrogen functional groups attached to an aromatic ring is 1. The van der Waals surface area contributed by atoms with E-state index in [0.717, 1.165) is 0 Å². The first-order chi connectivity index (χ1) is 10.1. The van der Waals surface area contributed by atoms with Crippen molar-refractivity contribution in [3.05, 3.63) is 48.3 Å². The van der Waals surface area contributed by atoms with Gasteiger partial charge in [0.25, 0.3) is 5.91 Å². The third-order valence-corrected chi connectivity index (χ3v) is 3.10. The second-order valence-corrected chi connectivity index (χ2v) is 4.56. The third-order valence-electron chi connectivity index (χ3n) is 3.10. The minimum atomic E-state index is -0.862. The molecule has 0 aliphatic carbocycles. The summed E-state index contributed by atoms with van der Waals surface area (Å²) in [6, 6.07) is 11.2. The molecule has 1 heterocycles. The zero-order chi connectivity index (χ0) is 14.8. The van der Waals surface area contributed by atoms with Gasteiger partial charge in [0.15, 0.2) is 11.5 Å². The minimum Gasteiger partial charge on any atom is -0.485 e. The van der Waals surface area contributed by atoms with E-state index >= 15 is 0 Å². The molecule has 0 spiro atoms. The Kier molecular flexibility index (Phi) is 3.35. The molecule has 1 aliphatic rings. The predicted molar refractivity (Wildman–Crippen MR) is 75.8 cm³/mol. The maximum absolute atomic E-state index is 13.7. The van der Waals surface area contributed by atoms with Crippen molar-refractivity contribution >= 4 is 17.3 Å². The Morgan fingerprint density at radius 1 is 1.19 bits per heavy atom. The molecule has 3 rings (SSSR count). The number of benzene rings is 2. The molecule has 1 unspecified atom stereocenters. The van der Waals surface area contributed by atoms with Crippen molar-refractivity contribution in [2.24, 2.45) is 0 Å². The molecule has 1 atom stereocenters. The lowest BCUT2D eigenvalue weighted by Crippen LogP contribution is -2.40. The highest BCUT2D eigenvalue weighted by atomic mass is 19.1. The standard InChI is InChI=1S/C15H13FN2O3/c16-9-4-3-5-10(17)14(9)18-15(19)13-8-20-11-6-1-2-7-12(11)21-13/h1-7,13H,8,17H2,(H,18,19). The van der Waals surface area contributed by atoms with Gasteiger partial charge in [-0.15, -0.1) is 0 Å². The number of amides is 1. The summed E-state index contributed by atoms with van der Waals surface area (Å²) in [5, 5.41) is 2.44. The van der Waals surface area contributed by atoms with Crippen molar-refractivity contribution in [2.75, 3.05) is 17.7 Å². The lowest BCUT2D eigenvalue weighted by molar-refractivity contribution is -0.125. The number of carbonyl (C=O) groups is 1. The molecule has 2 aromatic rings. The smallest absolute Gasteiger partial charge is 0.269 e. The van der Waals surface area contributed by atoms with E-state index < -0.39 is 17.8 Å². The largest absolute Gasteiger partial charge is 0.485 e. The number of hydrogen-bond donors (Lipinski definition) is 2. The SMILES string of the molecule is Nc1cccc(F)c1NC(=O)C1COc2ccccc2O1. The monoisotopic (exact) mass is 288 g/mol. The van der Waals surface area contributed by atoms with Crippen LogP contribution in [0.2, 0.25) is 0 Å². The van der Waals surface area contributed by atoms with Crippen LogP contribution < -0.4 is 20.5 Å². The molecule has 0 bridgehead atoms. The number of nitrogens with two attached hydrogens (primary N) is 1. The fourth-order valence-corrected chi connectivity index (χ4v) is 2.03. The number of nitrogens with one attached hydrogen (secondary N) is 1. The number of fused-ring (bicyclic) bond motifs is 1. The van der Waals surface area contributed by atoms with Gasteiger partial charge < -0.3 is 20.5 Å². The first-order valence-corrected chi connectivity index (χ1v) is 6.38. The molecule has 5 nitrogen and oxygen atoms in total. The van der Waals surface area contributed by atoms with Crippen LogP contribution in [-0.2, 0) is 4.79 Å². The van der Waals surface area contributed by atoms with Crippen LogP contribution in [0.25, 0.3) is 0 Å².